The second kappa shape index (κ2) is 4.09. The average Bonchev–Trinajstić information content (AvgIpc) is 2.09. The molecule has 4 saturated carbocycles. The minimum atomic E-state index is -4.19. The van der Waals surface area contributed by atoms with E-state index in [0.717, 1.165) is 37.0 Å². The lowest BCUT2D eigenvalue weighted by Crippen LogP contribution is -2.59. The predicted octanol–water partition coefficient (Wildman–Crippen LogP) is 3.82. The highest BCUT2D eigenvalue weighted by atomic mass is 32.1. The Morgan fingerprint density at radius 2 is 1.50 bits per heavy atom. The van der Waals surface area contributed by atoms with Crippen molar-refractivity contribution in [2.24, 2.45) is 17.8 Å². The number of thiocarbonyl (C=S) groups is 1. The van der Waals surface area contributed by atoms with Gasteiger partial charge in [-0.05, 0) is 56.3 Å². The minimum Gasteiger partial charge on any atom is -0.374 e. The van der Waals surface area contributed by atoms with Crippen LogP contribution in [0, 0.1) is 17.8 Å². The van der Waals surface area contributed by atoms with Crippen LogP contribution in [-0.2, 0) is 0 Å². The Morgan fingerprint density at radius 3 is 1.89 bits per heavy atom. The first kappa shape index (κ1) is 12.7. The first-order valence-electron chi connectivity index (χ1n) is 6.71. The summed E-state index contributed by atoms with van der Waals surface area (Å²) in [4.78, 5) is -0.00977. The Balaban J connectivity index is 1.67. The zero-order valence-corrected chi connectivity index (χ0v) is 11.0. The van der Waals surface area contributed by atoms with Crippen molar-refractivity contribution in [1.29, 1.82) is 0 Å². The number of alkyl halides is 3. The number of halogens is 3. The lowest BCUT2D eigenvalue weighted by atomic mass is 9.53. The highest BCUT2D eigenvalue weighted by Crippen LogP contribution is 2.55. The SMILES string of the molecule is FC(F)(F)CC(=S)NC12CC3CC(CC(C3)C1)C2. The molecule has 0 aromatic heterocycles. The first-order valence-corrected chi connectivity index (χ1v) is 7.12. The Morgan fingerprint density at radius 1 is 1.06 bits per heavy atom. The maximum absolute atomic E-state index is 12.3. The molecule has 4 rings (SSSR count). The third-order valence-electron chi connectivity index (χ3n) is 4.80. The highest BCUT2D eigenvalue weighted by molar-refractivity contribution is 7.80. The normalized spacial score (nSPS) is 42.1. The lowest BCUT2D eigenvalue weighted by Gasteiger charge is -2.57. The van der Waals surface area contributed by atoms with Crippen LogP contribution in [0.1, 0.15) is 44.9 Å². The molecule has 0 spiro atoms. The van der Waals surface area contributed by atoms with E-state index in [0.29, 0.717) is 0 Å². The van der Waals surface area contributed by atoms with Gasteiger partial charge in [0, 0.05) is 5.54 Å². The van der Waals surface area contributed by atoms with Crippen molar-refractivity contribution in [3.63, 3.8) is 0 Å². The van der Waals surface area contributed by atoms with Crippen LogP contribution in [0.2, 0.25) is 0 Å². The van der Waals surface area contributed by atoms with E-state index in [2.05, 4.69) is 5.32 Å². The summed E-state index contributed by atoms with van der Waals surface area (Å²) in [6, 6.07) is 0. The molecule has 4 aliphatic rings. The Labute approximate surface area is 111 Å². The number of hydrogen-bond donors (Lipinski definition) is 1. The van der Waals surface area contributed by atoms with Gasteiger partial charge in [0.1, 0.15) is 0 Å². The van der Waals surface area contributed by atoms with E-state index in [1.54, 1.807) is 0 Å². The van der Waals surface area contributed by atoms with Gasteiger partial charge < -0.3 is 5.32 Å². The molecule has 0 aromatic rings. The fourth-order valence-corrected chi connectivity index (χ4v) is 5.17. The maximum Gasteiger partial charge on any atom is 0.395 e. The standard InChI is InChI=1S/C13H18F3NS/c14-13(15,16)7-11(18)17-12-4-8-1-9(5-12)3-10(2-8)6-12/h8-10H,1-7H2,(H,17,18). The molecular weight excluding hydrogens is 259 g/mol. The second-order valence-electron chi connectivity index (χ2n) is 6.54. The topological polar surface area (TPSA) is 12.0 Å². The summed E-state index contributed by atoms with van der Waals surface area (Å²) in [5.41, 5.74) is -0.100. The second-order valence-corrected chi connectivity index (χ2v) is 7.03. The van der Waals surface area contributed by atoms with Gasteiger partial charge in [0.25, 0.3) is 0 Å². The van der Waals surface area contributed by atoms with Crippen LogP contribution in [0.5, 0.6) is 0 Å². The molecule has 0 amide bonds. The molecule has 5 heteroatoms. The third kappa shape index (κ3) is 2.51. The molecule has 4 fully saturated rings. The Bertz CT molecular complexity index is 328. The van der Waals surface area contributed by atoms with Crippen molar-refractivity contribution < 1.29 is 13.2 Å². The number of rotatable bonds is 2. The molecule has 0 atom stereocenters. The molecule has 0 heterocycles. The smallest absolute Gasteiger partial charge is 0.374 e. The van der Waals surface area contributed by atoms with Crippen molar-refractivity contribution in [2.45, 2.75) is 56.7 Å². The Kier molecular flexibility index (Phi) is 2.88. The molecule has 0 radical (unpaired) electrons. The molecular formula is C13H18F3NS. The van der Waals surface area contributed by atoms with E-state index < -0.39 is 12.6 Å². The molecule has 0 aromatic carbocycles. The predicted molar refractivity (Wildman–Crippen MR) is 67.3 cm³/mol. The van der Waals surface area contributed by atoms with Crippen LogP contribution in [0.3, 0.4) is 0 Å². The summed E-state index contributed by atoms with van der Waals surface area (Å²) in [6.45, 7) is 0. The molecule has 102 valence electrons. The van der Waals surface area contributed by atoms with Gasteiger partial charge in [0.15, 0.2) is 0 Å². The van der Waals surface area contributed by atoms with Gasteiger partial charge in [-0.2, -0.15) is 13.2 Å². The molecule has 0 aliphatic heterocycles. The van der Waals surface area contributed by atoms with Gasteiger partial charge in [-0.15, -0.1) is 0 Å². The first-order chi connectivity index (χ1) is 8.34. The molecule has 4 aliphatic carbocycles. The van der Waals surface area contributed by atoms with Gasteiger partial charge in [-0.25, -0.2) is 0 Å². The van der Waals surface area contributed by atoms with E-state index in [-0.39, 0.29) is 10.5 Å². The number of nitrogens with one attached hydrogen (secondary N) is 1. The van der Waals surface area contributed by atoms with Crippen LogP contribution in [0.4, 0.5) is 13.2 Å². The maximum atomic E-state index is 12.3. The summed E-state index contributed by atoms with van der Waals surface area (Å²) in [5.74, 6) is 2.16. The van der Waals surface area contributed by atoms with Crippen molar-refractivity contribution in [3.8, 4) is 0 Å². The molecule has 1 N–H and O–H groups in total. The minimum absolute atomic E-state index is 0.00977. The summed E-state index contributed by atoms with van der Waals surface area (Å²) in [5, 5.41) is 3.09. The van der Waals surface area contributed by atoms with Gasteiger partial charge >= 0.3 is 6.18 Å². The van der Waals surface area contributed by atoms with Crippen molar-refractivity contribution >= 4 is 17.2 Å². The zero-order chi connectivity index (χ0) is 13.0. The zero-order valence-electron chi connectivity index (χ0n) is 10.2. The largest absolute Gasteiger partial charge is 0.395 e. The molecule has 18 heavy (non-hydrogen) atoms. The fraction of sp³-hybridized carbons (Fsp3) is 0.923. The van der Waals surface area contributed by atoms with E-state index in [1.165, 1.54) is 19.3 Å². The summed E-state index contributed by atoms with van der Waals surface area (Å²) >= 11 is 4.91. The van der Waals surface area contributed by atoms with Gasteiger partial charge in [-0.1, -0.05) is 12.2 Å². The van der Waals surface area contributed by atoms with Crippen LogP contribution in [-0.4, -0.2) is 16.7 Å². The molecule has 0 unspecified atom stereocenters. The van der Waals surface area contributed by atoms with Gasteiger partial charge in [0.2, 0.25) is 0 Å². The van der Waals surface area contributed by atoms with Crippen LogP contribution in [0.15, 0.2) is 0 Å². The van der Waals surface area contributed by atoms with Crippen molar-refractivity contribution in [1.82, 2.24) is 5.32 Å². The van der Waals surface area contributed by atoms with E-state index in [1.807, 2.05) is 0 Å². The third-order valence-corrected chi connectivity index (χ3v) is 5.05. The van der Waals surface area contributed by atoms with Crippen molar-refractivity contribution in [2.75, 3.05) is 0 Å². The van der Waals surface area contributed by atoms with E-state index >= 15 is 0 Å². The van der Waals surface area contributed by atoms with E-state index in [9.17, 15) is 13.2 Å². The lowest BCUT2D eigenvalue weighted by molar-refractivity contribution is -0.121. The highest BCUT2D eigenvalue weighted by Gasteiger charge is 2.51. The quantitative estimate of drug-likeness (QED) is 0.770. The fourth-order valence-electron chi connectivity index (χ4n) is 4.79. The van der Waals surface area contributed by atoms with Crippen LogP contribution < -0.4 is 5.32 Å². The van der Waals surface area contributed by atoms with Crippen LogP contribution >= 0.6 is 12.2 Å². The van der Waals surface area contributed by atoms with Gasteiger partial charge in [-0.3, -0.25) is 0 Å². The number of hydrogen-bond acceptors (Lipinski definition) is 1. The summed E-state index contributed by atoms with van der Waals surface area (Å²) in [7, 11) is 0. The summed E-state index contributed by atoms with van der Waals surface area (Å²) < 4.78 is 37.0. The summed E-state index contributed by atoms with van der Waals surface area (Å²) in [6.07, 6.45) is 1.77. The molecule has 0 saturated heterocycles. The van der Waals surface area contributed by atoms with Crippen molar-refractivity contribution in [3.05, 3.63) is 0 Å². The van der Waals surface area contributed by atoms with Crippen LogP contribution in [0.25, 0.3) is 0 Å². The molecule has 4 bridgehead atoms. The molecule has 1 nitrogen and oxygen atoms in total. The van der Waals surface area contributed by atoms with Gasteiger partial charge in [0.05, 0.1) is 11.4 Å². The monoisotopic (exact) mass is 277 g/mol. The average molecular weight is 277 g/mol. The van der Waals surface area contributed by atoms with E-state index in [4.69, 9.17) is 12.2 Å². The Hall–Kier alpha value is -0.320.